The molecular weight excluding hydrogens is 278 g/mol. The maximum absolute atomic E-state index is 5.06. The Bertz CT molecular complexity index is 485. The predicted octanol–water partition coefficient (Wildman–Crippen LogP) is 4.29. The molecule has 0 radical (unpaired) electrons. The van der Waals surface area contributed by atoms with Gasteiger partial charge in [0, 0.05) is 35.5 Å². The van der Waals surface area contributed by atoms with Gasteiger partial charge in [-0.05, 0) is 52.9 Å². The van der Waals surface area contributed by atoms with Crippen molar-refractivity contribution < 1.29 is 0 Å². The van der Waals surface area contributed by atoms with Gasteiger partial charge in [-0.15, -0.1) is 11.3 Å². The summed E-state index contributed by atoms with van der Waals surface area (Å²) in [6.45, 7) is 11.2. The Kier molecular flexibility index (Phi) is 4.28. The van der Waals surface area contributed by atoms with Crippen LogP contribution in [0.2, 0.25) is 0 Å². The number of aromatic nitrogens is 1. The largest absolute Gasteiger partial charge is 0.345 e. The Labute approximate surface area is 133 Å². The fraction of sp³-hybridized carbons (Fsp3) is 0.824. The fourth-order valence-corrected chi connectivity index (χ4v) is 4.32. The molecular formula is C17H29N3S. The van der Waals surface area contributed by atoms with Crippen LogP contribution in [0.4, 0.5) is 5.13 Å². The lowest BCUT2D eigenvalue weighted by Gasteiger charge is -2.22. The quantitative estimate of drug-likeness (QED) is 0.879. The second-order valence-corrected chi connectivity index (χ2v) is 8.64. The zero-order chi connectivity index (χ0) is 15.0. The topological polar surface area (TPSA) is 28.2 Å². The van der Waals surface area contributed by atoms with Crippen molar-refractivity contribution >= 4 is 16.5 Å². The Hall–Kier alpha value is -0.610. The molecule has 4 heteroatoms. The monoisotopic (exact) mass is 307 g/mol. The van der Waals surface area contributed by atoms with E-state index in [1.54, 1.807) is 0 Å². The highest BCUT2D eigenvalue weighted by Gasteiger charge is 2.32. The molecule has 0 bridgehead atoms. The van der Waals surface area contributed by atoms with Gasteiger partial charge < -0.3 is 10.2 Å². The van der Waals surface area contributed by atoms with Crippen molar-refractivity contribution in [2.45, 2.75) is 83.8 Å². The second-order valence-electron chi connectivity index (χ2n) is 7.58. The molecule has 0 aromatic carbocycles. The minimum absolute atomic E-state index is 0.171. The highest BCUT2D eigenvalue weighted by molar-refractivity contribution is 7.15. The van der Waals surface area contributed by atoms with Gasteiger partial charge in [0.1, 0.15) is 0 Å². The van der Waals surface area contributed by atoms with Gasteiger partial charge in [-0.2, -0.15) is 0 Å². The van der Waals surface area contributed by atoms with Crippen LogP contribution < -0.4 is 10.2 Å². The molecule has 1 aliphatic carbocycles. The predicted molar refractivity (Wildman–Crippen MR) is 91.3 cm³/mol. The lowest BCUT2D eigenvalue weighted by atomic mass is 10.1. The summed E-state index contributed by atoms with van der Waals surface area (Å²) in [7, 11) is 0. The van der Waals surface area contributed by atoms with Crippen molar-refractivity contribution in [2.75, 3.05) is 11.4 Å². The normalized spacial score (nSPS) is 23.0. The first-order valence-corrected chi connectivity index (χ1v) is 9.31. The van der Waals surface area contributed by atoms with Gasteiger partial charge in [0.25, 0.3) is 0 Å². The summed E-state index contributed by atoms with van der Waals surface area (Å²) >= 11 is 1.94. The molecule has 1 saturated heterocycles. The number of hydrogen-bond acceptors (Lipinski definition) is 4. The third kappa shape index (κ3) is 3.59. The molecule has 3 nitrogen and oxygen atoms in total. The number of thiazole rings is 1. The van der Waals surface area contributed by atoms with Crippen LogP contribution in [-0.4, -0.2) is 23.1 Å². The Morgan fingerprint density at radius 3 is 2.67 bits per heavy atom. The van der Waals surface area contributed by atoms with Crippen LogP contribution >= 0.6 is 11.3 Å². The maximum Gasteiger partial charge on any atom is 0.186 e. The lowest BCUT2D eigenvalue weighted by molar-refractivity contribution is 0.425. The summed E-state index contributed by atoms with van der Waals surface area (Å²) in [6, 6.07) is 0.714. The fourth-order valence-electron chi connectivity index (χ4n) is 3.13. The van der Waals surface area contributed by atoms with Gasteiger partial charge in [-0.3, -0.25) is 0 Å². The molecule has 3 rings (SSSR count). The van der Waals surface area contributed by atoms with Crippen LogP contribution in [0.5, 0.6) is 0 Å². The first-order valence-electron chi connectivity index (χ1n) is 8.49. The molecule has 1 aromatic rings. The molecule has 1 atom stereocenters. The summed E-state index contributed by atoms with van der Waals surface area (Å²) in [4.78, 5) is 9.10. The van der Waals surface area contributed by atoms with Crippen LogP contribution in [0.15, 0.2) is 0 Å². The molecule has 21 heavy (non-hydrogen) atoms. The van der Waals surface area contributed by atoms with E-state index in [4.69, 9.17) is 4.98 Å². The third-order valence-electron chi connectivity index (χ3n) is 4.55. The van der Waals surface area contributed by atoms with Crippen LogP contribution in [0.3, 0.4) is 0 Å². The summed E-state index contributed by atoms with van der Waals surface area (Å²) < 4.78 is 0. The van der Waals surface area contributed by atoms with E-state index in [0.717, 1.165) is 12.5 Å². The molecule has 1 unspecified atom stereocenters. The Balaban J connectivity index is 1.79. The standard InChI is InChI=1S/C17H29N3S/c1-5-13-7-6-10-20(13)16-19-15(12-8-9-12)14(21-16)11-18-17(2,3)4/h12-13,18H,5-11H2,1-4H3. The van der Waals surface area contributed by atoms with E-state index in [1.807, 2.05) is 11.3 Å². The minimum Gasteiger partial charge on any atom is -0.345 e. The molecule has 2 fully saturated rings. The SMILES string of the molecule is CCC1CCCN1c1nc(C2CC2)c(CNC(C)(C)C)s1. The van der Waals surface area contributed by atoms with Crippen molar-refractivity contribution in [3.8, 4) is 0 Å². The van der Waals surface area contributed by atoms with E-state index in [-0.39, 0.29) is 5.54 Å². The first-order chi connectivity index (χ1) is 9.98. The van der Waals surface area contributed by atoms with Gasteiger partial charge in [-0.25, -0.2) is 4.98 Å². The van der Waals surface area contributed by atoms with E-state index in [9.17, 15) is 0 Å². The smallest absolute Gasteiger partial charge is 0.186 e. The molecule has 2 aliphatic rings. The molecule has 0 spiro atoms. The Morgan fingerprint density at radius 2 is 2.05 bits per heavy atom. The lowest BCUT2D eigenvalue weighted by Crippen LogP contribution is -2.35. The molecule has 1 saturated carbocycles. The highest BCUT2D eigenvalue weighted by Crippen LogP contribution is 2.45. The minimum atomic E-state index is 0.171. The van der Waals surface area contributed by atoms with Crippen molar-refractivity contribution in [3.05, 3.63) is 10.6 Å². The first kappa shape index (κ1) is 15.3. The van der Waals surface area contributed by atoms with Crippen LogP contribution in [0, 0.1) is 0 Å². The zero-order valence-electron chi connectivity index (χ0n) is 13.9. The van der Waals surface area contributed by atoms with E-state index in [2.05, 4.69) is 37.9 Å². The van der Waals surface area contributed by atoms with E-state index in [1.165, 1.54) is 54.4 Å². The van der Waals surface area contributed by atoms with E-state index in [0.29, 0.717) is 6.04 Å². The second kappa shape index (κ2) is 5.88. The average Bonchev–Trinajstić information content (AvgIpc) is 3.01. The van der Waals surface area contributed by atoms with Crippen molar-refractivity contribution in [3.63, 3.8) is 0 Å². The van der Waals surface area contributed by atoms with Crippen molar-refractivity contribution in [2.24, 2.45) is 0 Å². The van der Waals surface area contributed by atoms with Crippen LogP contribution in [0.1, 0.15) is 76.3 Å². The molecule has 1 aliphatic heterocycles. The van der Waals surface area contributed by atoms with Crippen LogP contribution in [-0.2, 0) is 6.54 Å². The van der Waals surface area contributed by atoms with Crippen molar-refractivity contribution in [1.82, 2.24) is 10.3 Å². The maximum atomic E-state index is 5.06. The number of rotatable bonds is 5. The number of anilines is 1. The summed E-state index contributed by atoms with van der Waals surface area (Å²) in [5.74, 6) is 0.745. The van der Waals surface area contributed by atoms with Gasteiger partial charge in [0.05, 0.1) is 5.69 Å². The van der Waals surface area contributed by atoms with Crippen LogP contribution in [0.25, 0.3) is 0 Å². The molecule has 1 aromatic heterocycles. The summed E-state index contributed by atoms with van der Waals surface area (Å²) in [5.41, 5.74) is 1.57. The number of hydrogen-bond donors (Lipinski definition) is 1. The molecule has 0 amide bonds. The van der Waals surface area contributed by atoms with Gasteiger partial charge in [0.15, 0.2) is 5.13 Å². The number of nitrogens with zero attached hydrogens (tertiary/aromatic N) is 2. The summed E-state index contributed by atoms with van der Waals surface area (Å²) in [5, 5.41) is 4.93. The molecule has 118 valence electrons. The van der Waals surface area contributed by atoms with Gasteiger partial charge in [-0.1, -0.05) is 6.92 Å². The van der Waals surface area contributed by atoms with Gasteiger partial charge in [0.2, 0.25) is 0 Å². The van der Waals surface area contributed by atoms with Gasteiger partial charge >= 0.3 is 0 Å². The molecule has 2 heterocycles. The zero-order valence-corrected chi connectivity index (χ0v) is 14.7. The van der Waals surface area contributed by atoms with Crippen molar-refractivity contribution in [1.29, 1.82) is 0 Å². The van der Waals surface area contributed by atoms with E-state index >= 15 is 0 Å². The molecule has 1 N–H and O–H groups in total. The number of nitrogens with one attached hydrogen (secondary N) is 1. The third-order valence-corrected chi connectivity index (χ3v) is 5.66. The van der Waals surface area contributed by atoms with E-state index < -0.39 is 0 Å². The highest BCUT2D eigenvalue weighted by atomic mass is 32.1. The average molecular weight is 308 g/mol. The Morgan fingerprint density at radius 1 is 1.29 bits per heavy atom. The summed E-state index contributed by atoms with van der Waals surface area (Å²) in [6.07, 6.45) is 6.58.